The monoisotopic (exact) mass is 316 g/mol. The van der Waals surface area contributed by atoms with E-state index in [9.17, 15) is 4.79 Å². The number of oxazole rings is 1. The zero-order chi connectivity index (χ0) is 16.2. The highest BCUT2D eigenvalue weighted by atomic mass is 16.3. The van der Waals surface area contributed by atoms with Gasteiger partial charge in [-0.25, -0.2) is 9.97 Å². The number of hydrogen-bond acceptors (Lipinski definition) is 4. The Bertz CT molecular complexity index is 661. The van der Waals surface area contributed by atoms with Crippen molar-refractivity contribution in [3.63, 3.8) is 0 Å². The summed E-state index contributed by atoms with van der Waals surface area (Å²) in [7, 11) is 0. The Morgan fingerprint density at radius 3 is 3.00 bits per heavy atom. The second kappa shape index (κ2) is 6.98. The van der Waals surface area contributed by atoms with E-state index < -0.39 is 0 Å². The van der Waals surface area contributed by atoms with Crippen LogP contribution in [0.15, 0.2) is 23.2 Å². The van der Waals surface area contributed by atoms with Crippen LogP contribution in [0.3, 0.4) is 0 Å². The van der Waals surface area contributed by atoms with E-state index in [2.05, 4.69) is 14.5 Å². The molecule has 3 rings (SSSR count). The fourth-order valence-corrected chi connectivity index (χ4v) is 3.33. The molecule has 0 spiro atoms. The van der Waals surface area contributed by atoms with Gasteiger partial charge in [0.25, 0.3) is 5.91 Å². The molecule has 6 heteroatoms. The summed E-state index contributed by atoms with van der Waals surface area (Å²) in [5.41, 5.74) is 0.484. The number of likely N-dealkylation sites (tertiary alicyclic amines) is 1. The molecule has 23 heavy (non-hydrogen) atoms. The number of hydrogen-bond donors (Lipinski definition) is 0. The van der Waals surface area contributed by atoms with Gasteiger partial charge in [-0.1, -0.05) is 6.92 Å². The summed E-state index contributed by atoms with van der Waals surface area (Å²) in [5, 5.41) is 0. The van der Waals surface area contributed by atoms with Gasteiger partial charge in [0.15, 0.2) is 12.1 Å². The molecule has 0 unspecified atom stereocenters. The molecule has 3 heterocycles. The highest BCUT2D eigenvalue weighted by molar-refractivity contribution is 5.93. The van der Waals surface area contributed by atoms with Crippen LogP contribution in [0.2, 0.25) is 0 Å². The van der Waals surface area contributed by atoms with E-state index in [4.69, 9.17) is 4.42 Å². The van der Waals surface area contributed by atoms with E-state index in [1.165, 1.54) is 12.8 Å². The lowest BCUT2D eigenvalue weighted by Gasteiger charge is -2.35. The fourth-order valence-electron chi connectivity index (χ4n) is 3.33. The van der Waals surface area contributed by atoms with E-state index in [0.717, 1.165) is 38.2 Å². The van der Waals surface area contributed by atoms with E-state index in [0.29, 0.717) is 17.9 Å². The van der Waals surface area contributed by atoms with Crippen LogP contribution < -0.4 is 0 Å². The highest BCUT2D eigenvalue weighted by Gasteiger charge is 2.30. The molecule has 0 aliphatic carbocycles. The van der Waals surface area contributed by atoms with Crippen molar-refractivity contribution in [1.29, 1.82) is 0 Å². The predicted octanol–water partition coefficient (Wildman–Crippen LogP) is 2.83. The number of imidazole rings is 1. The molecule has 1 aliphatic heterocycles. The molecule has 1 amide bonds. The van der Waals surface area contributed by atoms with Crippen LogP contribution in [0.25, 0.3) is 0 Å². The first-order chi connectivity index (χ1) is 11.2. The van der Waals surface area contributed by atoms with Crippen molar-refractivity contribution in [3.05, 3.63) is 36.1 Å². The van der Waals surface area contributed by atoms with Crippen molar-refractivity contribution in [2.75, 3.05) is 6.54 Å². The standard InChI is InChI=1S/C17H24N4O2/c1-3-15-16(19-12-23-15)17(22)21-9-5-4-6-14(21)7-10-20-11-8-18-13(20)2/h8,11-12,14H,3-7,9-10H2,1-2H3/t14-/m0/s1. The van der Waals surface area contributed by atoms with Crippen molar-refractivity contribution in [2.24, 2.45) is 0 Å². The smallest absolute Gasteiger partial charge is 0.276 e. The second-order valence-electron chi connectivity index (χ2n) is 6.08. The molecule has 0 N–H and O–H groups in total. The van der Waals surface area contributed by atoms with Crippen molar-refractivity contribution < 1.29 is 9.21 Å². The number of amides is 1. The summed E-state index contributed by atoms with van der Waals surface area (Å²) in [6, 6.07) is 0.263. The summed E-state index contributed by atoms with van der Waals surface area (Å²) in [4.78, 5) is 23.3. The molecule has 0 radical (unpaired) electrons. The number of carbonyl (C=O) groups is 1. The van der Waals surface area contributed by atoms with Gasteiger partial charge in [-0.05, 0) is 32.6 Å². The van der Waals surface area contributed by atoms with Gasteiger partial charge in [0, 0.05) is 37.9 Å². The lowest BCUT2D eigenvalue weighted by atomic mass is 9.98. The first kappa shape index (κ1) is 15.8. The first-order valence-corrected chi connectivity index (χ1v) is 8.41. The summed E-state index contributed by atoms with van der Waals surface area (Å²) < 4.78 is 7.47. The Hall–Kier alpha value is -2.11. The first-order valence-electron chi connectivity index (χ1n) is 8.41. The molecule has 0 bridgehead atoms. The minimum absolute atomic E-state index is 0.0163. The van der Waals surface area contributed by atoms with E-state index in [1.807, 2.05) is 31.1 Å². The molecule has 1 fully saturated rings. The van der Waals surface area contributed by atoms with Crippen LogP contribution in [0, 0.1) is 6.92 Å². The maximum absolute atomic E-state index is 12.9. The minimum Gasteiger partial charge on any atom is -0.448 e. The van der Waals surface area contributed by atoms with Crippen molar-refractivity contribution in [1.82, 2.24) is 19.4 Å². The molecule has 1 atom stereocenters. The number of rotatable bonds is 5. The highest BCUT2D eigenvalue weighted by Crippen LogP contribution is 2.23. The van der Waals surface area contributed by atoms with Crippen LogP contribution in [-0.2, 0) is 13.0 Å². The molecular formula is C17H24N4O2. The second-order valence-corrected chi connectivity index (χ2v) is 6.08. The van der Waals surface area contributed by atoms with Gasteiger partial charge in [0.1, 0.15) is 11.6 Å². The minimum atomic E-state index is 0.0163. The van der Waals surface area contributed by atoms with Gasteiger partial charge < -0.3 is 13.9 Å². The van der Waals surface area contributed by atoms with E-state index in [1.54, 1.807) is 0 Å². The van der Waals surface area contributed by atoms with Gasteiger partial charge >= 0.3 is 0 Å². The van der Waals surface area contributed by atoms with Gasteiger partial charge in [-0.2, -0.15) is 0 Å². The molecular weight excluding hydrogens is 292 g/mol. The Labute approximate surface area is 136 Å². The SMILES string of the molecule is CCc1ocnc1C(=O)N1CCCC[C@H]1CCn1ccnc1C. The maximum atomic E-state index is 12.9. The normalized spacial score (nSPS) is 18.3. The average Bonchev–Trinajstić information content (AvgIpc) is 3.21. The average molecular weight is 316 g/mol. The molecule has 0 saturated carbocycles. The molecule has 6 nitrogen and oxygen atoms in total. The zero-order valence-corrected chi connectivity index (χ0v) is 13.9. The van der Waals surface area contributed by atoms with Crippen LogP contribution >= 0.6 is 0 Å². The third-order valence-electron chi connectivity index (χ3n) is 4.68. The fraction of sp³-hybridized carbons (Fsp3) is 0.588. The van der Waals surface area contributed by atoms with Crippen molar-refractivity contribution >= 4 is 5.91 Å². The van der Waals surface area contributed by atoms with E-state index >= 15 is 0 Å². The van der Waals surface area contributed by atoms with Crippen LogP contribution in [0.5, 0.6) is 0 Å². The van der Waals surface area contributed by atoms with Crippen molar-refractivity contribution in [2.45, 2.75) is 58.5 Å². The number of nitrogens with zero attached hydrogens (tertiary/aromatic N) is 4. The van der Waals surface area contributed by atoms with Crippen LogP contribution in [0.4, 0.5) is 0 Å². The largest absolute Gasteiger partial charge is 0.448 e. The summed E-state index contributed by atoms with van der Waals surface area (Å²) >= 11 is 0. The summed E-state index contributed by atoms with van der Waals surface area (Å²) in [6.07, 6.45) is 10.1. The third kappa shape index (κ3) is 3.30. The lowest BCUT2D eigenvalue weighted by molar-refractivity contribution is 0.0587. The Morgan fingerprint density at radius 2 is 2.26 bits per heavy atom. The zero-order valence-electron chi connectivity index (χ0n) is 13.9. The van der Waals surface area contributed by atoms with Crippen LogP contribution in [-0.4, -0.2) is 37.9 Å². The number of aryl methyl sites for hydroxylation is 3. The maximum Gasteiger partial charge on any atom is 0.276 e. The van der Waals surface area contributed by atoms with Crippen LogP contribution in [0.1, 0.15) is 54.7 Å². The third-order valence-corrected chi connectivity index (χ3v) is 4.68. The van der Waals surface area contributed by atoms with Gasteiger partial charge in [0.2, 0.25) is 0 Å². The quantitative estimate of drug-likeness (QED) is 0.851. The Balaban J connectivity index is 1.71. The Morgan fingerprint density at radius 1 is 1.39 bits per heavy atom. The van der Waals surface area contributed by atoms with Gasteiger partial charge in [-0.3, -0.25) is 4.79 Å². The number of carbonyl (C=O) groups excluding carboxylic acids is 1. The van der Waals surface area contributed by atoms with E-state index in [-0.39, 0.29) is 11.9 Å². The van der Waals surface area contributed by atoms with Crippen molar-refractivity contribution in [3.8, 4) is 0 Å². The molecule has 1 saturated heterocycles. The molecule has 2 aromatic rings. The lowest BCUT2D eigenvalue weighted by Crippen LogP contribution is -2.44. The molecule has 0 aromatic carbocycles. The topological polar surface area (TPSA) is 64.2 Å². The molecule has 2 aromatic heterocycles. The number of aromatic nitrogens is 3. The molecule has 124 valence electrons. The van der Waals surface area contributed by atoms with Gasteiger partial charge in [0.05, 0.1) is 0 Å². The van der Waals surface area contributed by atoms with Gasteiger partial charge in [-0.15, -0.1) is 0 Å². The number of piperidine rings is 1. The summed E-state index contributed by atoms with van der Waals surface area (Å²) in [5.74, 6) is 1.72. The predicted molar refractivity (Wildman–Crippen MR) is 86.1 cm³/mol. The molecule has 1 aliphatic rings. The Kier molecular flexibility index (Phi) is 4.79. The summed E-state index contributed by atoms with van der Waals surface area (Å²) in [6.45, 7) is 5.68.